The summed E-state index contributed by atoms with van der Waals surface area (Å²) in [5, 5.41) is 12.4. The number of carbonyl (C=O) groups excluding carboxylic acids is 2. The first-order chi connectivity index (χ1) is 11.9. The molecule has 1 aliphatic rings. The van der Waals surface area contributed by atoms with Gasteiger partial charge in [-0.1, -0.05) is 31.7 Å². The van der Waals surface area contributed by atoms with Crippen LogP contribution in [-0.4, -0.2) is 47.9 Å². The molecule has 1 aliphatic carbocycles. The van der Waals surface area contributed by atoms with Crippen LogP contribution in [0.4, 0.5) is 0 Å². The first-order valence-electron chi connectivity index (χ1n) is 8.75. The number of hydrogen-bond acceptors (Lipinski definition) is 3. The Hall–Kier alpha value is -2.37. The second-order valence-corrected chi connectivity index (χ2v) is 6.80. The van der Waals surface area contributed by atoms with Crippen molar-refractivity contribution in [3.8, 4) is 0 Å². The predicted molar refractivity (Wildman–Crippen MR) is 94.5 cm³/mol. The third kappa shape index (κ3) is 5.05. The summed E-state index contributed by atoms with van der Waals surface area (Å²) in [6.07, 6.45) is 5.13. The van der Waals surface area contributed by atoms with Gasteiger partial charge in [-0.15, -0.1) is 0 Å². The third-order valence-electron chi connectivity index (χ3n) is 4.68. The van der Waals surface area contributed by atoms with Crippen molar-refractivity contribution in [3.63, 3.8) is 0 Å². The van der Waals surface area contributed by atoms with Crippen LogP contribution in [0.5, 0.6) is 0 Å². The molecule has 2 N–H and O–H groups in total. The van der Waals surface area contributed by atoms with E-state index in [2.05, 4.69) is 5.32 Å². The molecule has 0 aromatic heterocycles. The number of rotatable bonds is 4. The average Bonchev–Trinajstić information content (AvgIpc) is 2.56. The lowest BCUT2D eigenvalue weighted by atomic mass is 9.86. The summed E-state index contributed by atoms with van der Waals surface area (Å²) >= 11 is 0. The van der Waals surface area contributed by atoms with Crippen molar-refractivity contribution >= 4 is 17.8 Å². The number of nitrogens with zero attached hydrogens (tertiary/aromatic N) is 1. The Labute approximate surface area is 148 Å². The van der Waals surface area contributed by atoms with Crippen LogP contribution in [-0.2, 0) is 4.79 Å². The maximum atomic E-state index is 12.6. The van der Waals surface area contributed by atoms with Crippen molar-refractivity contribution in [2.45, 2.75) is 44.6 Å². The highest BCUT2D eigenvalue weighted by Crippen LogP contribution is 2.23. The minimum absolute atomic E-state index is 0.177. The van der Waals surface area contributed by atoms with Gasteiger partial charge in [-0.3, -0.25) is 14.4 Å². The molecular weight excluding hydrogens is 320 g/mol. The minimum Gasteiger partial charge on any atom is -0.481 e. The molecule has 6 heteroatoms. The van der Waals surface area contributed by atoms with Crippen molar-refractivity contribution < 1.29 is 19.5 Å². The van der Waals surface area contributed by atoms with E-state index in [4.69, 9.17) is 0 Å². The number of amides is 2. The number of aliphatic carboxylic acids is 1. The van der Waals surface area contributed by atoms with Gasteiger partial charge in [-0.25, -0.2) is 0 Å². The molecule has 25 heavy (non-hydrogen) atoms. The Morgan fingerprint density at radius 2 is 1.68 bits per heavy atom. The summed E-state index contributed by atoms with van der Waals surface area (Å²) in [5.74, 6) is -1.92. The summed E-state index contributed by atoms with van der Waals surface area (Å²) in [6, 6.07) is 6.14. The molecule has 1 aromatic rings. The van der Waals surface area contributed by atoms with Gasteiger partial charge in [0.2, 0.25) is 0 Å². The van der Waals surface area contributed by atoms with E-state index < -0.39 is 11.9 Å². The predicted octanol–water partition coefficient (Wildman–Crippen LogP) is 2.54. The van der Waals surface area contributed by atoms with Crippen molar-refractivity contribution in [2.75, 3.05) is 14.1 Å². The second-order valence-electron chi connectivity index (χ2n) is 6.80. The number of carboxylic acids is 1. The molecule has 6 nitrogen and oxygen atoms in total. The quantitative estimate of drug-likeness (QED) is 0.877. The van der Waals surface area contributed by atoms with Crippen molar-refractivity contribution in [3.05, 3.63) is 35.4 Å². The Morgan fingerprint density at radius 3 is 2.32 bits per heavy atom. The molecule has 0 radical (unpaired) electrons. The molecule has 0 heterocycles. The molecular formula is C19H26N2O4. The summed E-state index contributed by atoms with van der Waals surface area (Å²) in [5.41, 5.74) is 0.809. The number of carboxylic acid groups (broad SMARTS) is 1. The van der Waals surface area contributed by atoms with Gasteiger partial charge >= 0.3 is 5.97 Å². The SMILES string of the molecule is CN(C)C(=O)c1cccc(C(=O)NC2CCCCCCC2C(=O)O)c1. The largest absolute Gasteiger partial charge is 0.481 e. The van der Waals surface area contributed by atoms with Gasteiger partial charge in [0, 0.05) is 31.3 Å². The topological polar surface area (TPSA) is 86.7 Å². The van der Waals surface area contributed by atoms with E-state index in [0.29, 0.717) is 24.0 Å². The lowest BCUT2D eigenvalue weighted by molar-refractivity contribution is -0.143. The van der Waals surface area contributed by atoms with Gasteiger partial charge in [0.25, 0.3) is 11.8 Å². The van der Waals surface area contributed by atoms with Crippen LogP contribution < -0.4 is 5.32 Å². The molecule has 0 saturated heterocycles. The molecule has 0 bridgehead atoms. The minimum atomic E-state index is -0.858. The summed E-state index contributed by atoms with van der Waals surface area (Å²) in [4.78, 5) is 37.7. The van der Waals surface area contributed by atoms with E-state index in [1.165, 1.54) is 4.90 Å². The standard InChI is InChI=1S/C19H26N2O4/c1-21(2)18(23)14-9-7-8-13(12-14)17(22)20-16-11-6-4-3-5-10-15(16)19(24)25/h7-9,12,15-16H,3-6,10-11H2,1-2H3,(H,20,22)(H,24,25). The lowest BCUT2D eigenvalue weighted by Gasteiger charge is -2.27. The molecule has 2 atom stereocenters. The van der Waals surface area contributed by atoms with Crippen molar-refractivity contribution in [2.24, 2.45) is 5.92 Å². The number of hydrogen-bond donors (Lipinski definition) is 2. The summed E-state index contributed by atoms with van der Waals surface area (Å²) in [6.45, 7) is 0. The highest BCUT2D eigenvalue weighted by atomic mass is 16.4. The Balaban J connectivity index is 2.15. The monoisotopic (exact) mass is 346 g/mol. The maximum absolute atomic E-state index is 12.6. The van der Waals surface area contributed by atoms with Gasteiger partial charge in [0.15, 0.2) is 0 Å². The number of nitrogens with one attached hydrogen (secondary N) is 1. The zero-order chi connectivity index (χ0) is 18.4. The zero-order valence-electron chi connectivity index (χ0n) is 14.8. The van der Waals surface area contributed by atoms with E-state index >= 15 is 0 Å². The van der Waals surface area contributed by atoms with Crippen molar-refractivity contribution in [1.29, 1.82) is 0 Å². The van der Waals surface area contributed by atoms with Crippen molar-refractivity contribution in [1.82, 2.24) is 10.2 Å². The Morgan fingerprint density at radius 1 is 1.04 bits per heavy atom. The second kappa shape index (κ2) is 8.65. The Kier molecular flexibility index (Phi) is 6.56. The number of carbonyl (C=O) groups is 3. The van der Waals surface area contributed by atoms with Crippen LogP contribution in [0.15, 0.2) is 24.3 Å². The van der Waals surface area contributed by atoms with E-state index in [1.54, 1.807) is 38.4 Å². The fourth-order valence-electron chi connectivity index (χ4n) is 3.26. The normalized spacial score (nSPS) is 20.9. The molecule has 2 unspecified atom stereocenters. The fourth-order valence-corrected chi connectivity index (χ4v) is 3.26. The van der Waals surface area contributed by atoms with Gasteiger partial charge in [0.1, 0.15) is 0 Å². The highest BCUT2D eigenvalue weighted by Gasteiger charge is 2.30. The first kappa shape index (κ1) is 19.0. The smallest absolute Gasteiger partial charge is 0.308 e. The van der Waals surface area contributed by atoms with Gasteiger partial charge in [-0.05, 0) is 31.0 Å². The van der Waals surface area contributed by atoms with E-state index in [-0.39, 0.29) is 17.9 Å². The summed E-state index contributed by atoms with van der Waals surface area (Å²) < 4.78 is 0. The highest BCUT2D eigenvalue weighted by molar-refractivity contribution is 5.99. The lowest BCUT2D eigenvalue weighted by Crippen LogP contribution is -2.44. The van der Waals surface area contributed by atoms with E-state index in [9.17, 15) is 19.5 Å². The van der Waals surface area contributed by atoms with E-state index in [1.807, 2.05) is 0 Å². The molecule has 2 amide bonds. The Bertz CT molecular complexity index is 642. The molecule has 136 valence electrons. The van der Waals surface area contributed by atoms with Crippen LogP contribution in [0, 0.1) is 5.92 Å². The van der Waals surface area contributed by atoms with Gasteiger partial charge < -0.3 is 15.3 Å². The molecule has 0 spiro atoms. The molecule has 1 aromatic carbocycles. The molecule has 2 rings (SSSR count). The molecule has 1 saturated carbocycles. The van der Waals surface area contributed by atoms with Crippen LogP contribution in [0.2, 0.25) is 0 Å². The molecule has 0 aliphatic heterocycles. The number of benzene rings is 1. The zero-order valence-corrected chi connectivity index (χ0v) is 14.8. The van der Waals surface area contributed by atoms with Gasteiger partial charge in [0.05, 0.1) is 5.92 Å². The molecule has 1 fully saturated rings. The van der Waals surface area contributed by atoms with Crippen LogP contribution >= 0.6 is 0 Å². The van der Waals surface area contributed by atoms with Gasteiger partial charge in [-0.2, -0.15) is 0 Å². The fraction of sp³-hybridized carbons (Fsp3) is 0.526. The van der Waals surface area contributed by atoms with Crippen LogP contribution in [0.3, 0.4) is 0 Å². The van der Waals surface area contributed by atoms with Crippen LogP contribution in [0.1, 0.15) is 59.2 Å². The third-order valence-corrected chi connectivity index (χ3v) is 4.68. The van der Waals surface area contributed by atoms with E-state index in [0.717, 1.165) is 25.7 Å². The maximum Gasteiger partial charge on any atom is 0.308 e. The first-order valence-corrected chi connectivity index (χ1v) is 8.75. The summed E-state index contributed by atoms with van der Waals surface area (Å²) in [7, 11) is 3.31. The van der Waals surface area contributed by atoms with Crippen LogP contribution in [0.25, 0.3) is 0 Å². The average molecular weight is 346 g/mol.